The first-order valence-electron chi connectivity index (χ1n) is 5.31. The molecule has 3 N–H and O–H groups in total. The second kappa shape index (κ2) is 6.32. The van der Waals surface area contributed by atoms with Crippen LogP contribution in [0, 0.1) is 16.0 Å². The SMILES string of the molecule is NCCC(Cc1ccc(Cl)cc1[N+](=O)[O-])C(=O)O. The fraction of sp³-hybridized carbons (Fsp3) is 0.364. The van der Waals surface area contributed by atoms with Gasteiger partial charge in [0.15, 0.2) is 0 Å². The Morgan fingerprint density at radius 1 is 1.56 bits per heavy atom. The van der Waals surface area contributed by atoms with Crippen molar-refractivity contribution >= 4 is 23.3 Å². The van der Waals surface area contributed by atoms with Crippen molar-refractivity contribution in [2.45, 2.75) is 12.8 Å². The molecule has 1 unspecified atom stereocenters. The zero-order chi connectivity index (χ0) is 13.7. The molecule has 0 fully saturated rings. The summed E-state index contributed by atoms with van der Waals surface area (Å²) >= 11 is 5.68. The van der Waals surface area contributed by atoms with Gasteiger partial charge >= 0.3 is 5.97 Å². The Morgan fingerprint density at radius 2 is 2.22 bits per heavy atom. The second-order valence-electron chi connectivity index (χ2n) is 3.85. The summed E-state index contributed by atoms with van der Waals surface area (Å²) < 4.78 is 0. The van der Waals surface area contributed by atoms with Crippen LogP contribution in [0.1, 0.15) is 12.0 Å². The van der Waals surface area contributed by atoms with Crippen LogP contribution < -0.4 is 5.73 Å². The lowest BCUT2D eigenvalue weighted by atomic mass is 9.95. The molecular weight excluding hydrogens is 260 g/mol. The van der Waals surface area contributed by atoms with Crippen molar-refractivity contribution in [2.24, 2.45) is 11.7 Å². The highest BCUT2D eigenvalue weighted by molar-refractivity contribution is 6.30. The molecule has 0 radical (unpaired) electrons. The number of nitro benzene ring substituents is 1. The van der Waals surface area contributed by atoms with E-state index in [9.17, 15) is 14.9 Å². The predicted molar refractivity (Wildman–Crippen MR) is 66.6 cm³/mol. The minimum atomic E-state index is -1.01. The summed E-state index contributed by atoms with van der Waals surface area (Å²) in [7, 11) is 0. The number of benzene rings is 1. The van der Waals surface area contributed by atoms with E-state index in [-0.39, 0.29) is 30.1 Å². The van der Waals surface area contributed by atoms with Gasteiger partial charge in [-0.3, -0.25) is 14.9 Å². The van der Waals surface area contributed by atoms with Crippen LogP contribution in [0.3, 0.4) is 0 Å². The van der Waals surface area contributed by atoms with Gasteiger partial charge < -0.3 is 10.8 Å². The van der Waals surface area contributed by atoms with Gasteiger partial charge in [-0.1, -0.05) is 17.7 Å². The molecule has 1 aromatic rings. The van der Waals surface area contributed by atoms with Crippen LogP contribution in [0.5, 0.6) is 0 Å². The summed E-state index contributed by atoms with van der Waals surface area (Å²) in [5.74, 6) is -1.74. The lowest BCUT2D eigenvalue weighted by molar-refractivity contribution is -0.385. The third-order valence-corrected chi connectivity index (χ3v) is 2.81. The maximum Gasteiger partial charge on any atom is 0.306 e. The van der Waals surface area contributed by atoms with Gasteiger partial charge in [-0.2, -0.15) is 0 Å². The second-order valence-corrected chi connectivity index (χ2v) is 4.28. The van der Waals surface area contributed by atoms with Crippen molar-refractivity contribution in [1.29, 1.82) is 0 Å². The summed E-state index contributed by atoms with van der Waals surface area (Å²) in [4.78, 5) is 21.3. The molecule has 0 bridgehead atoms. The summed E-state index contributed by atoms with van der Waals surface area (Å²) in [5.41, 5.74) is 5.52. The Bertz CT molecular complexity index is 464. The van der Waals surface area contributed by atoms with E-state index in [0.29, 0.717) is 5.56 Å². The Kier molecular flexibility index (Phi) is 5.06. The van der Waals surface area contributed by atoms with E-state index in [0.717, 1.165) is 0 Å². The summed E-state index contributed by atoms with van der Waals surface area (Å²) in [5, 5.41) is 20.1. The van der Waals surface area contributed by atoms with Crippen molar-refractivity contribution in [3.05, 3.63) is 38.9 Å². The Hall–Kier alpha value is -1.66. The van der Waals surface area contributed by atoms with Gasteiger partial charge in [-0.05, 0) is 25.5 Å². The van der Waals surface area contributed by atoms with Gasteiger partial charge in [-0.25, -0.2) is 0 Å². The number of carbonyl (C=O) groups is 1. The van der Waals surface area contributed by atoms with Crippen LogP contribution in [0.2, 0.25) is 5.02 Å². The van der Waals surface area contributed by atoms with E-state index in [2.05, 4.69) is 0 Å². The Labute approximate surface area is 109 Å². The number of aliphatic carboxylic acids is 1. The first kappa shape index (κ1) is 14.4. The van der Waals surface area contributed by atoms with Crippen molar-refractivity contribution in [3.63, 3.8) is 0 Å². The molecule has 0 aliphatic carbocycles. The molecule has 0 aromatic heterocycles. The minimum Gasteiger partial charge on any atom is -0.481 e. The summed E-state index contributed by atoms with van der Waals surface area (Å²) in [6.45, 7) is 0.221. The third kappa shape index (κ3) is 3.68. The van der Waals surface area contributed by atoms with Gasteiger partial charge in [0.1, 0.15) is 0 Å². The third-order valence-electron chi connectivity index (χ3n) is 2.57. The fourth-order valence-electron chi connectivity index (χ4n) is 1.66. The molecule has 1 atom stereocenters. The van der Waals surface area contributed by atoms with E-state index in [1.54, 1.807) is 0 Å². The number of hydrogen-bond donors (Lipinski definition) is 2. The van der Waals surface area contributed by atoms with Gasteiger partial charge in [0, 0.05) is 16.7 Å². The number of hydrogen-bond acceptors (Lipinski definition) is 4. The largest absolute Gasteiger partial charge is 0.481 e. The molecule has 0 aliphatic rings. The number of carboxylic acid groups (broad SMARTS) is 1. The monoisotopic (exact) mass is 272 g/mol. The highest BCUT2D eigenvalue weighted by Crippen LogP contribution is 2.26. The Balaban J connectivity index is 3.01. The molecule has 1 rings (SSSR count). The maximum absolute atomic E-state index is 11.0. The van der Waals surface area contributed by atoms with Crippen LogP contribution >= 0.6 is 11.6 Å². The van der Waals surface area contributed by atoms with E-state index >= 15 is 0 Å². The number of carboxylic acids is 1. The van der Waals surface area contributed by atoms with Crippen LogP contribution in [0.4, 0.5) is 5.69 Å². The molecule has 1 aromatic carbocycles. The molecule has 0 heterocycles. The molecule has 0 spiro atoms. The number of halogens is 1. The summed E-state index contributed by atoms with van der Waals surface area (Å²) in [6, 6.07) is 4.20. The van der Waals surface area contributed by atoms with E-state index in [1.165, 1.54) is 18.2 Å². The van der Waals surface area contributed by atoms with Crippen molar-refractivity contribution in [1.82, 2.24) is 0 Å². The van der Waals surface area contributed by atoms with Gasteiger partial charge in [0.05, 0.1) is 10.8 Å². The number of nitro groups is 1. The lowest BCUT2D eigenvalue weighted by Gasteiger charge is -2.11. The van der Waals surface area contributed by atoms with E-state index in [4.69, 9.17) is 22.4 Å². The molecule has 0 saturated carbocycles. The lowest BCUT2D eigenvalue weighted by Crippen LogP contribution is -2.20. The molecule has 18 heavy (non-hydrogen) atoms. The van der Waals surface area contributed by atoms with Crippen LogP contribution in [-0.2, 0) is 11.2 Å². The highest BCUT2D eigenvalue weighted by Gasteiger charge is 2.22. The zero-order valence-corrected chi connectivity index (χ0v) is 10.3. The van der Waals surface area contributed by atoms with Crippen molar-refractivity contribution in [3.8, 4) is 0 Å². The molecule has 6 nitrogen and oxygen atoms in total. The van der Waals surface area contributed by atoms with Crippen molar-refractivity contribution in [2.75, 3.05) is 6.54 Å². The minimum absolute atomic E-state index is 0.0695. The molecule has 0 saturated heterocycles. The standard InChI is InChI=1S/C11H13ClN2O4/c12-9-2-1-7(10(6-9)14(17)18)5-8(3-4-13)11(15)16/h1-2,6,8H,3-5,13H2,(H,15,16). The van der Waals surface area contributed by atoms with Crippen LogP contribution in [0.25, 0.3) is 0 Å². The zero-order valence-electron chi connectivity index (χ0n) is 9.51. The van der Waals surface area contributed by atoms with Crippen LogP contribution in [-0.4, -0.2) is 22.5 Å². The topological polar surface area (TPSA) is 106 Å². The molecule has 0 amide bonds. The average Bonchev–Trinajstić information content (AvgIpc) is 2.30. The number of nitrogens with two attached hydrogens (primary N) is 1. The normalized spacial score (nSPS) is 12.1. The molecule has 98 valence electrons. The Morgan fingerprint density at radius 3 is 2.72 bits per heavy atom. The van der Waals surface area contributed by atoms with Gasteiger partial charge in [-0.15, -0.1) is 0 Å². The van der Waals surface area contributed by atoms with E-state index in [1.807, 2.05) is 0 Å². The highest BCUT2D eigenvalue weighted by atomic mass is 35.5. The van der Waals surface area contributed by atoms with Gasteiger partial charge in [0.25, 0.3) is 5.69 Å². The fourth-order valence-corrected chi connectivity index (χ4v) is 1.83. The maximum atomic E-state index is 11.0. The average molecular weight is 273 g/mol. The quantitative estimate of drug-likeness (QED) is 0.607. The molecular formula is C11H13ClN2O4. The van der Waals surface area contributed by atoms with E-state index < -0.39 is 16.8 Å². The molecule has 0 aliphatic heterocycles. The smallest absolute Gasteiger partial charge is 0.306 e. The number of rotatable bonds is 6. The first-order valence-corrected chi connectivity index (χ1v) is 5.69. The van der Waals surface area contributed by atoms with Crippen molar-refractivity contribution < 1.29 is 14.8 Å². The van der Waals surface area contributed by atoms with Crippen LogP contribution in [0.15, 0.2) is 18.2 Å². The molecule has 7 heteroatoms. The first-order chi connectivity index (χ1) is 8.45. The predicted octanol–water partition coefficient (Wildman–Crippen LogP) is 1.84. The van der Waals surface area contributed by atoms with Gasteiger partial charge in [0.2, 0.25) is 0 Å². The number of nitrogens with zero attached hydrogens (tertiary/aromatic N) is 1. The summed E-state index contributed by atoms with van der Waals surface area (Å²) in [6.07, 6.45) is 0.342.